The molecule has 1 aliphatic rings. The van der Waals surface area contributed by atoms with E-state index in [1.807, 2.05) is 0 Å². The molecule has 0 unspecified atom stereocenters. The predicted octanol–water partition coefficient (Wildman–Crippen LogP) is 2.47. The Morgan fingerprint density at radius 3 is 2.17 bits per heavy atom. The summed E-state index contributed by atoms with van der Waals surface area (Å²) in [4.78, 5) is 2.22. The molecule has 12 heavy (non-hydrogen) atoms. The van der Waals surface area contributed by atoms with Crippen molar-refractivity contribution in [2.45, 2.75) is 39.3 Å². The second-order valence-electron chi connectivity index (χ2n) is 4.27. The molecule has 0 radical (unpaired) electrons. The van der Waals surface area contributed by atoms with Crippen molar-refractivity contribution in [1.82, 2.24) is 4.90 Å². The molecule has 1 heterocycles. The second-order valence-corrected chi connectivity index (χ2v) is 4.27. The predicted molar refractivity (Wildman–Crippen MR) is 50.0 cm³/mol. The molecule has 1 aliphatic heterocycles. The molecule has 1 rings (SSSR count). The first-order valence-electron chi connectivity index (χ1n) is 4.98. The van der Waals surface area contributed by atoms with E-state index in [4.69, 9.17) is 0 Å². The summed E-state index contributed by atoms with van der Waals surface area (Å²) in [5.74, 6) is 0.765. The van der Waals surface area contributed by atoms with Crippen LogP contribution in [0.15, 0.2) is 0 Å². The number of halogens is 1. The van der Waals surface area contributed by atoms with Gasteiger partial charge >= 0.3 is 0 Å². The first-order chi connectivity index (χ1) is 5.57. The van der Waals surface area contributed by atoms with Crippen LogP contribution in [-0.4, -0.2) is 30.2 Å². The van der Waals surface area contributed by atoms with E-state index in [-0.39, 0.29) is 0 Å². The van der Waals surface area contributed by atoms with Crippen LogP contribution in [0.2, 0.25) is 0 Å². The number of nitrogens with zero attached hydrogens (tertiary/aromatic N) is 1. The molecule has 1 nitrogen and oxygen atoms in total. The lowest BCUT2D eigenvalue weighted by molar-refractivity contribution is -0.0263. The van der Waals surface area contributed by atoms with Crippen molar-refractivity contribution in [1.29, 1.82) is 0 Å². The summed E-state index contributed by atoms with van der Waals surface area (Å²) in [6, 6.07) is 0. The maximum atomic E-state index is 13.1. The zero-order chi connectivity index (χ0) is 9.19. The van der Waals surface area contributed by atoms with E-state index < -0.39 is 5.67 Å². The first kappa shape index (κ1) is 9.97. The normalized spacial score (nSPS) is 22.8. The Balaban J connectivity index is 2.17. The molecule has 0 N–H and O–H groups in total. The fraction of sp³-hybridized carbons (Fsp3) is 1.00. The molecule has 1 saturated heterocycles. The lowest BCUT2D eigenvalue weighted by Crippen LogP contribution is -2.58. The van der Waals surface area contributed by atoms with Gasteiger partial charge in [-0.25, -0.2) is 4.39 Å². The lowest BCUT2D eigenvalue weighted by atomic mass is 9.95. The molecule has 72 valence electrons. The van der Waals surface area contributed by atoms with Gasteiger partial charge in [0.15, 0.2) is 0 Å². The van der Waals surface area contributed by atoms with Crippen LogP contribution in [0.3, 0.4) is 0 Å². The summed E-state index contributed by atoms with van der Waals surface area (Å²) in [7, 11) is 0. The van der Waals surface area contributed by atoms with Crippen LogP contribution in [0, 0.1) is 5.92 Å². The molecule has 0 saturated carbocycles. The quantitative estimate of drug-likeness (QED) is 0.631. The molecule has 2 heteroatoms. The Morgan fingerprint density at radius 1 is 1.33 bits per heavy atom. The maximum Gasteiger partial charge on any atom is 0.133 e. The van der Waals surface area contributed by atoms with Gasteiger partial charge in [-0.05, 0) is 12.8 Å². The molecule has 0 atom stereocenters. The highest BCUT2D eigenvalue weighted by atomic mass is 19.1. The van der Waals surface area contributed by atoms with Crippen molar-refractivity contribution in [3.05, 3.63) is 0 Å². The molecule has 0 aliphatic carbocycles. The third-order valence-corrected chi connectivity index (χ3v) is 2.78. The Morgan fingerprint density at radius 2 is 1.83 bits per heavy atom. The van der Waals surface area contributed by atoms with Crippen molar-refractivity contribution in [2.24, 2.45) is 5.92 Å². The van der Waals surface area contributed by atoms with Gasteiger partial charge in [0, 0.05) is 19.6 Å². The van der Waals surface area contributed by atoms with Crippen LogP contribution in [0.1, 0.15) is 33.6 Å². The lowest BCUT2D eigenvalue weighted by Gasteiger charge is -2.43. The summed E-state index contributed by atoms with van der Waals surface area (Å²) in [6.45, 7) is 8.49. The Kier molecular flexibility index (Phi) is 3.10. The average molecular weight is 173 g/mol. The van der Waals surface area contributed by atoms with E-state index in [9.17, 15) is 4.39 Å². The van der Waals surface area contributed by atoms with Crippen molar-refractivity contribution < 1.29 is 4.39 Å². The van der Waals surface area contributed by atoms with Crippen LogP contribution in [0.4, 0.5) is 4.39 Å². The summed E-state index contributed by atoms with van der Waals surface area (Å²) in [6.07, 6.45) is 2.44. The van der Waals surface area contributed by atoms with Gasteiger partial charge in [-0.2, -0.15) is 0 Å². The van der Waals surface area contributed by atoms with Crippen molar-refractivity contribution in [2.75, 3.05) is 19.6 Å². The molecule has 0 aromatic carbocycles. The smallest absolute Gasteiger partial charge is 0.133 e. The molecule has 0 spiro atoms. The van der Waals surface area contributed by atoms with E-state index in [2.05, 4.69) is 18.7 Å². The minimum atomic E-state index is -0.897. The third kappa shape index (κ3) is 2.44. The van der Waals surface area contributed by atoms with Gasteiger partial charge in [-0.1, -0.05) is 26.7 Å². The SMILES string of the molecule is CCC(CC)CN1CC(C)(F)C1. The largest absolute Gasteiger partial charge is 0.297 e. The Labute approximate surface area is 74.9 Å². The van der Waals surface area contributed by atoms with Crippen molar-refractivity contribution in [3.8, 4) is 0 Å². The molecule has 0 aromatic rings. The standard InChI is InChI=1S/C10H20FN/c1-4-9(5-2)6-12-7-10(3,11)8-12/h9H,4-8H2,1-3H3. The number of hydrogen-bond acceptors (Lipinski definition) is 1. The van der Waals surface area contributed by atoms with Crippen LogP contribution < -0.4 is 0 Å². The summed E-state index contributed by atoms with van der Waals surface area (Å²) in [5, 5.41) is 0. The number of alkyl halides is 1. The van der Waals surface area contributed by atoms with E-state index >= 15 is 0 Å². The van der Waals surface area contributed by atoms with Crippen LogP contribution in [-0.2, 0) is 0 Å². The highest BCUT2D eigenvalue weighted by Crippen LogP contribution is 2.26. The van der Waals surface area contributed by atoms with Gasteiger partial charge in [0.05, 0.1) is 0 Å². The van der Waals surface area contributed by atoms with Crippen LogP contribution in [0.5, 0.6) is 0 Å². The second kappa shape index (κ2) is 3.73. The number of rotatable bonds is 4. The molecule has 0 amide bonds. The monoisotopic (exact) mass is 173 g/mol. The van der Waals surface area contributed by atoms with Gasteiger partial charge in [0.1, 0.15) is 5.67 Å². The zero-order valence-electron chi connectivity index (χ0n) is 8.44. The minimum Gasteiger partial charge on any atom is -0.297 e. The topological polar surface area (TPSA) is 3.24 Å². The summed E-state index contributed by atoms with van der Waals surface area (Å²) >= 11 is 0. The highest BCUT2D eigenvalue weighted by Gasteiger charge is 2.38. The molecular weight excluding hydrogens is 153 g/mol. The number of hydrogen-bond donors (Lipinski definition) is 0. The van der Waals surface area contributed by atoms with Gasteiger partial charge in [0.2, 0.25) is 0 Å². The first-order valence-corrected chi connectivity index (χ1v) is 4.98. The van der Waals surface area contributed by atoms with Crippen LogP contribution in [0.25, 0.3) is 0 Å². The minimum absolute atomic E-state index is 0.642. The summed E-state index contributed by atoms with van der Waals surface area (Å²) < 4.78 is 13.1. The summed E-state index contributed by atoms with van der Waals surface area (Å²) in [5.41, 5.74) is -0.897. The zero-order valence-corrected chi connectivity index (χ0v) is 8.44. The fourth-order valence-electron chi connectivity index (χ4n) is 1.93. The molecule has 0 bridgehead atoms. The average Bonchev–Trinajstić information content (AvgIpc) is 1.96. The number of likely N-dealkylation sites (tertiary alicyclic amines) is 1. The van der Waals surface area contributed by atoms with Gasteiger partial charge < -0.3 is 0 Å². The van der Waals surface area contributed by atoms with E-state index in [0.29, 0.717) is 13.1 Å². The maximum absolute atomic E-state index is 13.1. The molecular formula is C10H20FN. The van der Waals surface area contributed by atoms with E-state index in [1.54, 1.807) is 6.92 Å². The van der Waals surface area contributed by atoms with Crippen molar-refractivity contribution in [3.63, 3.8) is 0 Å². The molecule has 0 aromatic heterocycles. The third-order valence-electron chi connectivity index (χ3n) is 2.78. The fourth-order valence-corrected chi connectivity index (χ4v) is 1.93. The van der Waals surface area contributed by atoms with Crippen LogP contribution >= 0.6 is 0 Å². The van der Waals surface area contributed by atoms with Gasteiger partial charge in [-0.15, -0.1) is 0 Å². The van der Waals surface area contributed by atoms with Gasteiger partial charge in [0.25, 0.3) is 0 Å². The van der Waals surface area contributed by atoms with E-state index in [0.717, 1.165) is 12.5 Å². The Hall–Kier alpha value is -0.110. The van der Waals surface area contributed by atoms with Crippen molar-refractivity contribution >= 4 is 0 Å². The molecule has 1 fully saturated rings. The van der Waals surface area contributed by atoms with E-state index in [1.165, 1.54) is 12.8 Å². The van der Waals surface area contributed by atoms with Gasteiger partial charge in [-0.3, -0.25) is 4.90 Å². The Bertz CT molecular complexity index is 133. The highest BCUT2D eigenvalue weighted by molar-refractivity contribution is 4.92.